The van der Waals surface area contributed by atoms with E-state index in [1.165, 1.54) is 6.07 Å². The summed E-state index contributed by atoms with van der Waals surface area (Å²) < 4.78 is 13.7. The van der Waals surface area contributed by atoms with Gasteiger partial charge in [0.05, 0.1) is 5.69 Å². The first-order valence-corrected chi connectivity index (χ1v) is 9.56. The summed E-state index contributed by atoms with van der Waals surface area (Å²) in [5.74, 6) is 0.468. The SMILES string of the molecule is Cc1ccc(NC(=O)N2CCN(c3ccc(-c4ccccc4)nn3)CC2)cc1F. The van der Waals surface area contributed by atoms with Gasteiger partial charge in [-0.05, 0) is 36.8 Å². The molecule has 1 aromatic heterocycles. The Morgan fingerprint density at radius 3 is 2.38 bits per heavy atom. The summed E-state index contributed by atoms with van der Waals surface area (Å²) in [5, 5.41) is 11.4. The lowest BCUT2D eigenvalue weighted by Crippen LogP contribution is -2.50. The van der Waals surface area contributed by atoms with Crippen molar-refractivity contribution in [3.05, 3.63) is 72.0 Å². The molecule has 3 aromatic rings. The third-order valence-electron chi connectivity index (χ3n) is 5.03. The van der Waals surface area contributed by atoms with Gasteiger partial charge in [-0.1, -0.05) is 36.4 Å². The van der Waals surface area contributed by atoms with Crippen LogP contribution in [0.25, 0.3) is 11.3 Å². The maximum Gasteiger partial charge on any atom is 0.321 e. The second kappa shape index (κ2) is 8.26. The van der Waals surface area contributed by atoms with Gasteiger partial charge in [0.25, 0.3) is 0 Å². The van der Waals surface area contributed by atoms with Crippen LogP contribution in [-0.2, 0) is 0 Å². The van der Waals surface area contributed by atoms with E-state index in [-0.39, 0.29) is 11.8 Å². The molecule has 2 amide bonds. The van der Waals surface area contributed by atoms with Crippen molar-refractivity contribution < 1.29 is 9.18 Å². The Morgan fingerprint density at radius 2 is 1.72 bits per heavy atom. The molecule has 0 spiro atoms. The number of aromatic nitrogens is 2. The van der Waals surface area contributed by atoms with Crippen LogP contribution in [0.1, 0.15) is 5.56 Å². The number of anilines is 2. The molecule has 1 fully saturated rings. The van der Waals surface area contributed by atoms with Crippen molar-refractivity contribution in [2.45, 2.75) is 6.92 Å². The van der Waals surface area contributed by atoms with Crippen molar-refractivity contribution in [3.63, 3.8) is 0 Å². The number of piperazine rings is 1. The number of halogens is 1. The fourth-order valence-electron chi connectivity index (χ4n) is 3.27. The summed E-state index contributed by atoms with van der Waals surface area (Å²) in [7, 11) is 0. The van der Waals surface area contributed by atoms with Gasteiger partial charge < -0.3 is 15.1 Å². The monoisotopic (exact) mass is 391 g/mol. The lowest BCUT2D eigenvalue weighted by molar-refractivity contribution is 0.208. The summed E-state index contributed by atoms with van der Waals surface area (Å²) in [6, 6.07) is 18.3. The van der Waals surface area contributed by atoms with E-state index < -0.39 is 0 Å². The maximum atomic E-state index is 13.7. The van der Waals surface area contributed by atoms with Crippen LogP contribution in [0.2, 0.25) is 0 Å². The predicted octanol–water partition coefficient (Wildman–Crippen LogP) is 3.95. The smallest absolute Gasteiger partial charge is 0.321 e. The second-order valence-corrected chi connectivity index (χ2v) is 7.01. The summed E-state index contributed by atoms with van der Waals surface area (Å²) in [6.45, 7) is 4.13. The Bertz CT molecular complexity index is 986. The number of nitrogens with zero attached hydrogens (tertiary/aromatic N) is 4. The molecule has 1 saturated heterocycles. The topological polar surface area (TPSA) is 61.4 Å². The molecule has 1 N–H and O–H groups in total. The van der Waals surface area contributed by atoms with Crippen molar-refractivity contribution in [1.82, 2.24) is 15.1 Å². The van der Waals surface area contributed by atoms with Crippen molar-refractivity contribution in [2.24, 2.45) is 0 Å². The highest BCUT2D eigenvalue weighted by atomic mass is 19.1. The van der Waals surface area contributed by atoms with Crippen molar-refractivity contribution in [1.29, 1.82) is 0 Å². The summed E-state index contributed by atoms with van der Waals surface area (Å²) in [4.78, 5) is 16.3. The Balaban J connectivity index is 1.34. The van der Waals surface area contributed by atoms with E-state index >= 15 is 0 Å². The van der Waals surface area contributed by atoms with Gasteiger partial charge in [-0.3, -0.25) is 0 Å². The molecule has 0 aliphatic carbocycles. The molecule has 4 rings (SSSR count). The first-order valence-electron chi connectivity index (χ1n) is 9.56. The Kier molecular flexibility index (Phi) is 5.37. The minimum atomic E-state index is -0.329. The molecule has 0 bridgehead atoms. The van der Waals surface area contributed by atoms with Gasteiger partial charge in [0.15, 0.2) is 5.82 Å². The number of urea groups is 1. The van der Waals surface area contributed by atoms with E-state index in [9.17, 15) is 9.18 Å². The Labute approximate surface area is 169 Å². The predicted molar refractivity (Wildman–Crippen MR) is 111 cm³/mol. The first-order chi connectivity index (χ1) is 14.1. The first kappa shape index (κ1) is 18.9. The molecule has 1 aliphatic rings. The molecule has 2 heterocycles. The van der Waals surface area contributed by atoms with E-state index in [1.807, 2.05) is 42.5 Å². The molecule has 29 heavy (non-hydrogen) atoms. The highest BCUT2D eigenvalue weighted by Crippen LogP contribution is 2.19. The number of aryl methyl sites for hydroxylation is 1. The zero-order valence-corrected chi connectivity index (χ0v) is 16.2. The van der Waals surface area contributed by atoms with E-state index in [1.54, 1.807) is 24.0 Å². The van der Waals surface area contributed by atoms with Gasteiger partial charge >= 0.3 is 6.03 Å². The largest absolute Gasteiger partial charge is 0.352 e. The number of nitrogens with one attached hydrogen (secondary N) is 1. The van der Waals surface area contributed by atoms with Gasteiger partial charge in [0.1, 0.15) is 5.82 Å². The highest BCUT2D eigenvalue weighted by molar-refractivity contribution is 5.89. The number of amides is 2. The van der Waals surface area contributed by atoms with Gasteiger partial charge in [0.2, 0.25) is 0 Å². The normalized spacial score (nSPS) is 14.0. The molecule has 0 saturated carbocycles. The maximum absolute atomic E-state index is 13.7. The van der Waals surface area contributed by atoms with E-state index in [0.717, 1.165) is 17.1 Å². The summed E-state index contributed by atoms with van der Waals surface area (Å²) in [5.41, 5.74) is 2.87. The molecule has 7 heteroatoms. The third-order valence-corrected chi connectivity index (χ3v) is 5.03. The third kappa shape index (κ3) is 4.34. The van der Waals surface area contributed by atoms with Crippen LogP contribution in [0.3, 0.4) is 0 Å². The van der Waals surface area contributed by atoms with Gasteiger partial charge in [-0.15, -0.1) is 10.2 Å². The minimum Gasteiger partial charge on any atom is -0.352 e. The van der Waals surface area contributed by atoms with E-state index in [0.29, 0.717) is 37.4 Å². The van der Waals surface area contributed by atoms with Gasteiger partial charge in [0, 0.05) is 37.4 Å². The van der Waals surface area contributed by atoms with Crippen LogP contribution in [-0.4, -0.2) is 47.3 Å². The molecular weight excluding hydrogens is 369 g/mol. The van der Waals surface area contributed by atoms with Crippen LogP contribution in [0, 0.1) is 12.7 Å². The molecule has 2 aromatic carbocycles. The molecule has 1 aliphatic heterocycles. The highest BCUT2D eigenvalue weighted by Gasteiger charge is 2.22. The number of hydrogen-bond acceptors (Lipinski definition) is 4. The average molecular weight is 391 g/mol. The summed E-state index contributed by atoms with van der Waals surface area (Å²) >= 11 is 0. The Hall–Kier alpha value is -3.48. The zero-order valence-electron chi connectivity index (χ0n) is 16.2. The van der Waals surface area contributed by atoms with Gasteiger partial charge in [-0.2, -0.15) is 0 Å². The molecule has 0 unspecified atom stereocenters. The second-order valence-electron chi connectivity index (χ2n) is 7.01. The fraction of sp³-hybridized carbons (Fsp3) is 0.227. The lowest BCUT2D eigenvalue weighted by atomic mass is 10.1. The summed E-state index contributed by atoms with van der Waals surface area (Å²) in [6.07, 6.45) is 0. The van der Waals surface area contributed by atoms with Crippen LogP contribution in [0.4, 0.5) is 20.7 Å². The fourth-order valence-corrected chi connectivity index (χ4v) is 3.27. The Morgan fingerprint density at radius 1 is 0.966 bits per heavy atom. The minimum absolute atomic E-state index is 0.224. The number of hydrogen-bond donors (Lipinski definition) is 1. The van der Waals surface area contributed by atoms with Crippen LogP contribution >= 0.6 is 0 Å². The van der Waals surface area contributed by atoms with Crippen molar-refractivity contribution in [2.75, 3.05) is 36.4 Å². The molecular formula is C22H22FN5O. The number of benzene rings is 2. The van der Waals surface area contributed by atoms with Crippen molar-refractivity contribution in [3.8, 4) is 11.3 Å². The number of rotatable bonds is 3. The molecule has 6 nitrogen and oxygen atoms in total. The standard InChI is InChI=1S/C22H22FN5O/c1-16-7-8-18(15-19(16)23)24-22(29)28-13-11-27(12-14-28)21-10-9-20(25-26-21)17-5-3-2-4-6-17/h2-10,15H,11-14H2,1H3,(H,24,29). The van der Waals surface area contributed by atoms with E-state index in [4.69, 9.17) is 0 Å². The van der Waals surface area contributed by atoms with E-state index in [2.05, 4.69) is 20.4 Å². The quantitative estimate of drug-likeness (QED) is 0.735. The van der Waals surface area contributed by atoms with Crippen molar-refractivity contribution >= 4 is 17.5 Å². The molecule has 0 radical (unpaired) electrons. The number of carbonyl (C=O) groups excluding carboxylic acids is 1. The van der Waals surface area contributed by atoms with Crippen LogP contribution in [0.5, 0.6) is 0 Å². The molecule has 0 atom stereocenters. The number of carbonyl (C=O) groups is 1. The van der Waals surface area contributed by atoms with Crippen LogP contribution in [0.15, 0.2) is 60.7 Å². The van der Waals surface area contributed by atoms with Gasteiger partial charge in [-0.25, -0.2) is 9.18 Å². The lowest BCUT2D eigenvalue weighted by Gasteiger charge is -2.35. The average Bonchev–Trinajstić information content (AvgIpc) is 2.77. The zero-order chi connectivity index (χ0) is 20.2. The van der Waals surface area contributed by atoms with Crippen LogP contribution < -0.4 is 10.2 Å². The molecule has 148 valence electrons.